The van der Waals surface area contributed by atoms with Gasteiger partial charge in [0.25, 0.3) is 5.56 Å². The van der Waals surface area contributed by atoms with Gasteiger partial charge in [0, 0.05) is 24.2 Å². The molecule has 222 valence electrons. The van der Waals surface area contributed by atoms with Gasteiger partial charge >= 0.3 is 13.5 Å². The van der Waals surface area contributed by atoms with Crippen LogP contribution in [0.2, 0.25) is 23.2 Å². The molecule has 0 aliphatic carbocycles. The summed E-state index contributed by atoms with van der Waals surface area (Å²) in [6.07, 6.45) is -3.54. The normalized spacial score (nSPS) is 31.4. The van der Waals surface area contributed by atoms with Crippen LogP contribution >= 0.6 is 19.4 Å². The highest BCUT2D eigenvalue weighted by molar-refractivity contribution is 7.48. The third-order valence-corrected chi connectivity index (χ3v) is 13.8. The summed E-state index contributed by atoms with van der Waals surface area (Å²) in [5.41, 5.74) is -3.69. The molecule has 2 saturated heterocycles. The molecular weight excluding hydrogens is 589 g/mol. The molecule has 3 heterocycles. The molecule has 2 aromatic rings. The van der Waals surface area contributed by atoms with E-state index in [2.05, 4.69) is 4.98 Å². The van der Waals surface area contributed by atoms with Gasteiger partial charge in [-0.25, -0.2) is 18.1 Å². The summed E-state index contributed by atoms with van der Waals surface area (Å²) in [6, 6.07) is 5.46. The molecule has 0 bridgehead atoms. The molecule has 2 aliphatic rings. The van der Waals surface area contributed by atoms with E-state index in [1.165, 1.54) is 19.1 Å². The molecule has 10 nitrogen and oxygen atoms in total. The first-order valence-corrected chi connectivity index (χ1v) is 17.5. The average molecular weight is 623 g/mol. The molecule has 40 heavy (non-hydrogen) atoms. The molecule has 1 aromatic carbocycles. The SMILES string of the molecule is CC(C)(C)[Si](C)(C)O[C@@H]1[C@@H](CO[P@]2(=O)OCC[C@H](c3cccc(Cl)c3F)O2)O[C@@H](n2ccc(=O)[nH]c2=O)[C@]1(C)F. The predicted octanol–water partition coefficient (Wildman–Crippen LogP) is 5.65. The van der Waals surface area contributed by atoms with Gasteiger partial charge in [-0.05, 0) is 31.1 Å². The van der Waals surface area contributed by atoms with E-state index in [1.54, 1.807) is 6.07 Å². The number of phosphoric acid groups is 1. The Kier molecular flexibility index (Phi) is 8.73. The number of H-pyrrole nitrogens is 1. The zero-order valence-corrected chi connectivity index (χ0v) is 25.8. The standard InChI is InChI=1S/C25H34ClF2N2O8PSi/c1-24(2,3)40(5,6)38-21-18(36-22(25(21,4)28)30-12-10-19(31)29-23(30)32)14-35-39(33)34-13-11-17(37-39)15-8-7-9-16(26)20(15)27/h7-10,12,17-18,21-22H,11,13-14H2,1-6H3,(H,29,31,32)/t17-,18-,21-,22-,25-,39+/m1/s1. The van der Waals surface area contributed by atoms with E-state index in [4.69, 9.17) is 34.3 Å². The Labute approximate surface area is 236 Å². The average Bonchev–Trinajstić information content (AvgIpc) is 3.08. The van der Waals surface area contributed by atoms with Gasteiger partial charge in [-0.2, -0.15) is 0 Å². The van der Waals surface area contributed by atoms with Gasteiger partial charge in [0.1, 0.15) is 18.0 Å². The molecule has 0 unspecified atom stereocenters. The maximum atomic E-state index is 16.6. The number of benzene rings is 1. The number of halogens is 3. The van der Waals surface area contributed by atoms with E-state index in [0.717, 1.165) is 16.8 Å². The third kappa shape index (κ3) is 6.22. The minimum absolute atomic E-state index is 0.0560. The molecule has 4 rings (SSSR count). The summed E-state index contributed by atoms with van der Waals surface area (Å²) < 4.78 is 74.4. The van der Waals surface area contributed by atoms with Crippen molar-refractivity contribution in [3.63, 3.8) is 0 Å². The molecule has 0 saturated carbocycles. The molecule has 6 atom stereocenters. The summed E-state index contributed by atoms with van der Waals surface area (Å²) in [6.45, 7) is 10.5. The number of nitrogens with one attached hydrogen (secondary N) is 1. The van der Waals surface area contributed by atoms with Crippen molar-refractivity contribution in [1.29, 1.82) is 0 Å². The highest BCUT2D eigenvalue weighted by Gasteiger charge is 2.59. The Morgan fingerprint density at radius 2 is 1.98 bits per heavy atom. The van der Waals surface area contributed by atoms with Crippen LogP contribution in [0.25, 0.3) is 0 Å². The Balaban J connectivity index is 1.61. The molecule has 2 aliphatic heterocycles. The lowest BCUT2D eigenvalue weighted by Gasteiger charge is -2.41. The first kappa shape index (κ1) is 31.2. The monoisotopic (exact) mass is 622 g/mol. The van der Waals surface area contributed by atoms with E-state index in [-0.39, 0.29) is 28.7 Å². The number of aromatic nitrogens is 2. The Hall–Kier alpha value is -1.70. The van der Waals surface area contributed by atoms with Crippen LogP contribution < -0.4 is 11.2 Å². The summed E-state index contributed by atoms with van der Waals surface area (Å²) in [7, 11) is -6.87. The highest BCUT2D eigenvalue weighted by Crippen LogP contribution is 2.58. The van der Waals surface area contributed by atoms with Crippen molar-refractivity contribution in [2.24, 2.45) is 0 Å². The first-order valence-electron chi connectivity index (χ1n) is 12.8. The fourth-order valence-electron chi connectivity index (χ4n) is 4.36. The summed E-state index contributed by atoms with van der Waals surface area (Å²) in [4.78, 5) is 26.2. The van der Waals surface area contributed by atoms with Gasteiger partial charge in [-0.15, -0.1) is 0 Å². The zero-order chi connectivity index (χ0) is 29.7. The first-order chi connectivity index (χ1) is 18.4. The molecule has 15 heteroatoms. The van der Waals surface area contributed by atoms with E-state index >= 15 is 4.39 Å². The second kappa shape index (κ2) is 11.2. The van der Waals surface area contributed by atoms with Crippen LogP contribution in [0.15, 0.2) is 40.1 Å². The number of hydrogen-bond acceptors (Lipinski definition) is 8. The quantitative estimate of drug-likeness (QED) is 0.311. The number of phosphoric ester groups is 1. The molecule has 1 N–H and O–H groups in total. The lowest BCUT2D eigenvalue weighted by molar-refractivity contribution is -0.0654. The van der Waals surface area contributed by atoms with Crippen LogP contribution in [0, 0.1) is 5.82 Å². The predicted molar refractivity (Wildman–Crippen MR) is 146 cm³/mol. The van der Waals surface area contributed by atoms with Crippen LogP contribution in [-0.2, 0) is 27.3 Å². The smallest absolute Gasteiger partial charge is 0.408 e. The van der Waals surface area contributed by atoms with Gasteiger partial charge < -0.3 is 9.16 Å². The number of hydrogen-bond donors (Lipinski definition) is 1. The molecule has 0 radical (unpaired) electrons. The number of nitrogens with zero attached hydrogens (tertiary/aromatic N) is 1. The second-order valence-electron chi connectivity index (χ2n) is 11.6. The Morgan fingerprint density at radius 3 is 2.62 bits per heavy atom. The molecule has 0 amide bonds. The Morgan fingerprint density at radius 1 is 1.27 bits per heavy atom. The summed E-state index contributed by atoms with van der Waals surface area (Å²) in [5.74, 6) is -0.702. The molecule has 0 spiro atoms. The van der Waals surface area contributed by atoms with Gasteiger partial charge in [0.05, 0.1) is 24.3 Å². The number of ether oxygens (including phenoxy) is 1. The lowest BCUT2D eigenvalue weighted by atomic mass is 9.98. The van der Waals surface area contributed by atoms with Crippen molar-refractivity contribution in [3.05, 3.63) is 67.7 Å². The van der Waals surface area contributed by atoms with Crippen LogP contribution in [0.3, 0.4) is 0 Å². The molecule has 1 aromatic heterocycles. The van der Waals surface area contributed by atoms with E-state index in [0.29, 0.717) is 0 Å². The Bertz CT molecular complexity index is 1410. The van der Waals surface area contributed by atoms with E-state index < -0.39 is 70.0 Å². The molecule has 2 fully saturated rings. The summed E-state index contributed by atoms with van der Waals surface area (Å²) >= 11 is 5.89. The largest absolute Gasteiger partial charge is 0.475 e. The van der Waals surface area contributed by atoms with Crippen LogP contribution in [0.4, 0.5) is 8.78 Å². The zero-order valence-electron chi connectivity index (χ0n) is 23.1. The summed E-state index contributed by atoms with van der Waals surface area (Å²) in [5, 5.41) is -0.419. The third-order valence-electron chi connectivity index (χ3n) is 7.62. The van der Waals surface area contributed by atoms with Crippen molar-refractivity contribution in [1.82, 2.24) is 9.55 Å². The second-order valence-corrected chi connectivity index (χ2v) is 18.4. The number of aromatic amines is 1. The van der Waals surface area contributed by atoms with Gasteiger partial charge in [0.2, 0.25) is 0 Å². The minimum Gasteiger partial charge on any atom is -0.408 e. The maximum Gasteiger partial charge on any atom is 0.475 e. The number of alkyl halides is 1. The lowest BCUT2D eigenvalue weighted by Crippen LogP contribution is -2.53. The molecular formula is C25H34ClF2N2O8PSi. The van der Waals surface area contributed by atoms with E-state index in [9.17, 15) is 18.5 Å². The van der Waals surface area contributed by atoms with Crippen LogP contribution in [0.5, 0.6) is 0 Å². The minimum atomic E-state index is -4.25. The van der Waals surface area contributed by atoms with Crippen molar-refractivity contribution in [2.45, 2.75) is 82.5 Å². The topological polar surface area (TPSA) is 118 Å². The maximum absolute atomic E-state index is 16.6. The van der Waals surface area contributed by atoms with Crippen molar-refractivity contribution in [2.75, 3.05) is 13.2 Å². The van der Waals surface area contributed by atoms with E-state index in [1.807, 2.05) is 33.9 Å². The van der Waals surface area contributed by atoms with Gasteiger partial charge in [-0.3, -0.25) is 27.9 Å². The van der Waals surface area contributed by atoms with Gasteiger partial charge in [-0.1, -0.05) is 44.5 Å². The number of rotatable bonds is 7. The highest BCUT2D eigenvalue weighted by atomic mass is 35.5. The van der Waals surface area contributed by atoms with Crippen molar-refractivity contribution < 1.29 is 36.1 Å². The van der Waals surface area contributed by atoms with Crippen LogP contribution in [-0.4, -0.2) is 49.0 Å². The van der Waals surface area contributed by atoms with Crippen molar-refractivity contribution >= 4 is 27.7 Å². The fourth-order valence-corrected chi connectivity index (χ4v) is 7.30. The van der Waals surface area contributed by atoms with Crippen molar-refractivity contribution in [3.8, 4) is 0 Å². The van der Waals surface area contributed by atoms with Gasteiger partial charge in [0.15, 0.2) is 20.2 Å². The fraction of sp³-hybridized carbons (Fsp3) is 0.600. The van der Waals surface area contributed by atoms with Crippen LogP contribution in [0.1, 0.15) is 52.0 Å².